The monoisotopic (exact) mass is 472 g/mol. The maximum absolute atomic E-state index is 13.8. The van der Waals surface area contributed by atoms with E-state index in [1.807, 2.05) is 53.4 Å². The van der Waals surface area contributed by atoms with Gasteiger partial charge in [-0.2, -0.15) is 5.10 Å². The van der Waals surface area contributed by atoms with Gasteiger partial charge in [-0.05, 0) is 56.0 Å². The molecule has 180 valence electrons. The van der Waals surface area contributed by atoms with Gasteiger partial charge < -0.3 is 20.0 Å². The standard InChI is InChI=1S/C26H28N6O3/c33-23(28-20-7-8-20)16-31-17-32(21-4-2-1-3-5-21)26(25(31)35)10-12-30(13-11-26)24(34)18-6-9-22-19(14-18)15-27-29-22/h1-6,9,14-15,20H,7-8,10-13,16-17H2,(H,27,29)(H,28,33). The molecule has 3 fully saturated rings. The molecule has 3 heterocycles. The number of nitrogens with zero attached hydrogens (tertiary/aromatic N) is 4. The number of amides is 3. The molecule has 9 heteroatoms. The van der Waals surface area contributed by atoms with Crippen LogP contribution in [0.4, 0.5) is 5.69 Å². The Morgan fingerprint density at radius 2 is 1.86 bits per heavy atom. The molecule has 3 amide bonds. The van der Waals surface area contributed by atoms with Crippen LogP contribution in [0.5, 0.6) is 0 Å². The van der Waals surface area contributed by atoms with E-state index in [-0.39, 0.29) is 30.3 Å². The van der Waals surface area contributed by atoms with Gasteiger partial charge in [0.05, 0.1) is 18.4 Å². The van der Waals surface area contributed by atoms with Gasteiger partial charge in [0.15, 0.2) is 0 Å². The average molecular weight is 473 g/mol. The predicted molar refractivity (Wildman–Crippen MR) is 131 cm³/mol. The number of hydrogen-bond acceptors (Lipinski definition) is 5. The van der Waals surface area contributed by atoms with Crippen molar-refractivity contribution in [2.45, 2.75) is 37.3 Å². The largest absolute Gasteiger partial charge is 0.352 e. The number of anilines is 1. The molecule has 2 aliphatic heterocycles. The fraction of sp³-hybridized carbons (Fsp3) is 0.385. The van der Waals surface area contributed by atoms with Gasteiger partial charge in [0.1, 0.15) is 12.1 Å². The number of fused-ring (bicyclic) bond motifs is 1. The highest BCUT2D eigenvalue weighted by Crippen LogP contribution is 2.39. The lowest BCUT2D eigenvalue weighted by Gasteiger charge is -2.43. The van der Waals surface area contributed by atoms with E-state index in [1.165, 1.54) is 0 Å². The van der Waals surface area contributed by atoms with Crippen LogP contribution in [-0.4, -0.2) is 75.6 Å². The lowest BCUT2D eigenvalue weighted by atomic mass is 9.85. The van der Waals surface area contributed by atoms with E-state index in [9.17, 15) is 14.4 Å². The van der Waals surface area contributed by atoms with Crippen LogP contribution in [0.3, 0.4) is 0 Å². The lowest BCUT2D eigenvalue weighted by Crippen LogP contribution is -2.57. The minimum Gasteiger partial charge on any atom is -0.352 e. The molecule has 1 aromatic heterocycles. The normalized spacial score (nSPS) is 19.5. The first kappa shape index (κ1) is 21.6. The molecular formula is C26H28N6O3. The molecule has 1 aliphatic carbocycles. The van der Waals surface area contributed by atoms with Crippen molar-refractivity contribution in [2.24, 2.45) is 0 Å². The second-order valence-corrected chi connectivity index (χ2v) is 9.75. The van der Waals surface area contributed by atoms with Crippen molar-refractivity contribution in [1.29, 1.82) is 0 Å². The zero-order valence-corrected chi connectivity index (χ0v) is 19.4. The van der Waals surface area contributed by atoms with Crippen molar-refractivity contribution in [3.05, 3.63) is 60.3 Å². The minimum absolute atomic E-state index is 0.0285. The number of likely N-dealkylation sites (tertiary alicyclic amines) is 1. The molecule has 0 bridgehead atoms. The number of H-pyrrole nitrogens is 1. The first-order chi connectivity index (χ1) is 17.0. The molecule has 3 aromatic rings. The zero-order valence-electron chi connectivity index (χ0n) is 19.4. The summed E-state index contributed by atoms with van der Waals surface area (Å²) in [6.07, 6.45) is 4.76. The van der Waals surface area contributed by atoms with Crippen LogP contribution in [-0.2, 0) is 9.59 Å². The van der Waals surface area contributed by atoms with Crippen molar-refractivity contribution in [1.82, 2.24) is 25.3 Å². The summed E-state index contributed by atoms with van der Waals surface area (Å²) < 4.78 is 0. The van der Waals surface area contributed by atoms with Crippen molar-refractivity contribution in [3.63, 3.8) is 0 Å². The molecule has 2 aromatic carbocycles. The van der Waals surface area contributed by atoms with Crippen LogP contribution >= 0.6 is 0 Å². The smallest absolute Gasteiger partial charge is 0.253 e. The summed E-state index contributed by atoms with van der Waals surface area (Å²) in [5.74, 6) is -0.173. The van der Waals surface area contributed by atoms with Gasteiger partial charge in [-0.25, -0.2) is 0 Å². The van der Waals surface area contributed by atoms with Gasteiger partial charge in [-0.15, -0.1) is 0 Å². The van der Waals surface area contributed by atoms with E-state index >= 15 is 0 Å². The highest BCUT2D eigenvalue weighted by molar-refractivity contribution is 5.99. The van der Waals surface area contributed by atoms with Crippen LogP contribution in [0.15, 0.2) is 54.7 Å². The Hall–Kier alpha value is -3.88. The Labute approximate surface area is 203 Å². The third-order valence-electron chi connectivity index (χ3n) is 7.42. The third kappa shape index (κ3) is 3.90. The van der Waals surface area contributed by atoms with E-state index in [0.29, 0.717) is 38.2 Å². The van der Waals surface area contributed by atoms with Crippen molar-refractivity contribution in [3.8, 4) is 0 Å². The summed E-state index contributed by atoms with van der Waals surface area (Å²) in [5, 5.41) is 10.8. The predicted octanol–water partition coefficient (Wildman–Crippen LogP) is 2.12. The first-order valence-corrected chi connectivity index (χ1v) is 12.2. The number of para-hydroxylation sites is 1. The van der Waals surface area contributed by atoms with E-state index < -0.39 is 5.54 Å². The molecule has 35 heavy (non-hydrogen) atoms. The fourth-order valence-electron chi connectivity index (χ4n) is 5.33. The molecule has 2 saturated heterocycles. The summed E-state index contributed by atoms with van der Waals surface area (Å²) in [6.45, 7) is 1.37. The van der Waals surface area contributed by atoms with Crippen LogP contribution in [0.1, 0.15) is 36.0 Å². The van der Waals surface area contributed by atoms with Gasteiger partial charge in [0.2, 0.25) is 5.91 Å². The summed E-state index contributed by atoms with van der Waals surface area (Å²) in [4.78, 5) is 45.1. The first-order valence-electron chi connectivity index (χ1n) is 12.2. The zero-order chi connectivity index (χ0) is 24.0. The number of aromatic amines is 1. The van der Waals surface area contributed by atoms with Crippen molar-refractivity contribution in [2.75, 3.05) is 31.2 Å². The molecule has 0 radical (unpaired) electrons. The topological polar surface area (TPSA) is 102 Å². The van der Waals surface area contributed by atoms with Crippen LogP contribution in [0.25, 0.3) is 10.9 Å². The van der Waals surface area contributed by atoms with Crippen LogP contribution in [0, 0.1) is 0 Å². The molecular weight excluding hydrogens is 444 g/mol. The number of carbonyl (C=O) groups is 3. The van der Waals surface area contributed by atoms with Gasteiger partial charge >= 0.3 is 0 Å². The van der Waals surface area contributed by atoms with E-state index in [1.54, 1.807) is 11.1 Å². The van der Waals surface area contributed by atoms with Gasteiger partial charge in [0, 0.05) is 35.8 Å². The summed E-state index contributed by atoms with van der Waals surface area (Å²) in [5.41, 5.74) is 1.70. The van der Waals surface area contributed by atoms with E-state index in [0.717, 1.165) is 29.4 Å². The third-order valence-corrected chi connectivity index (χ3v) is 7.42. The Bertz CT molecular complexity index is 1280. The Morgan fingerprint density at radius 3 is 2.60 bits per heavy atom. The number of nitrogens with one attached hydrogen (secondary N) is 2. The number of benzene rings is 2. The van der Waals surface area contributed by atoms with Gasteiger partial charge in [-0.3, -0.25) is 19.5 Å². The second kappa shape index (κ2) is 8.41. The van der Waals surface area contributed by atoms with Crippen molar-refractivity contribution < 1.29 is 14.4 Å². The van der Waals surface area contributed by atoms with Gasteiger partial charge in [0.25, 0.3) is 11.8 Å². The maximum atomic E-state index is 13.8. The quantitative estimate of drug-likeness (QED) is 0.592. The Kier molecular flexibility index (Phi) is 5.20. The summed E-state index contributed by atoms with van der Waals surface area (Å²) in [7, 11) is 0. The number of hydrogen-bond donors (Lipinski definition) is 2. The molecule has 1 saturated carbocycles. The molecule has 0 atom stereocenters. The Balaban J connectivity index is 1.21. The van der Waals surface area contributed by atoms with Crippen molar-refractivity contribution >= 4 is 34.3 Å². The molecule has 3 aliphatic rings. The summed E-state index contributed by atoms with van der Waals surface area (Å²) in [6, 6.07) is 15.7. The van der Waals surface area contributed by atoms with E-state index in [4.69, 9.17) is 0 Å². The second-order valence-electron chi connectivity index (χ2n) is 9.75. The van der Waals surface area contributed by atoms with E-state index in [2.05, 4.69) is 20.4 Å². The molecule has 9 nitrogen and oxygen atoms in total. The van der Waals surface area contributed by atoms with Crippen LogP contribution < -0.4 is 10.2 Å². The van der Waals surface area contributed by atoms with Gasteiger partial charge in [-0.1, -0.05) is 18.2 Å². The highest BCUT2D eigenvalue weighted by atomic mass is 16.2. The van der Waals surface area contributed by atoms with Crippen LogP contribution in [0.2, 0.25) is 0 Å². The summed E-state index contributed by atoms with van der Waals surface area (Å²) >= 11 is 0. The molecule has 0 unspecified atom stereocenters. The molecule has 2 N–H and O–H groups in total. The fourth-order valence-corrected chi connectivity index (χ4v) is 5.33. The SMILES string of the molecule is O=C(CN1CN(c2ccccc2)C2(CCN(C(=O)c3ccc4[nH]ncc4c3)CC2)C1=O)NC1CC1. The number of carbonyl (C=O) groups excluding carboxylic acids is 3. The minimum atomic E-state index is -0.757. The Morgan fingerprint density at radius 1 is 1.09 bits per heavy atom. The maximum Gasteiger partial charge on any atom is 0.253 e. The number of aromatic nitrogens is 2. The lowest BCUT2D eigenvalue weighted by molar-refractivity contribution is -0.137. The molecule has 6 rings (SSSR count). The number of rotatable bonds is 5. The highest BCUT2D eigenvalue weighted by Gasteiger charge is 2.54. The molecule has 1 spiro atoms. The number of piperidine rings is 1. The average Bonchev–Trinajstić information content (AvgIpc) is 3.50.